The van der Waals surface area contributed by atoms with Crippen LogP contribution in [0.2, 0.25) is 0 Å². The van der Waals surface area contributed by atoms with Gasteiger partial charge in [0.05, 0.1) is 6.61 Å². The largest absolute Gasteiger partial charge is 1.00 e. The van der Waals surface area contributed by atoms with E-state index in [9.17, 15) is 0 Å². The average Bonchev–Trinajstić information content (AvgIpc) is 2.12. The van der Waals surface area contributed by atoms with Crippen LogP contribution in [0.5, 0.6) is 0 Å². The summed E-state index contributed by atoms with van der Waals surface area (Å²) >= 11 is 4.30. The van der Waals surface area contributed by atoms with E-state index in [1.54, 1.807) is 0 Å². The molecule has 0 aromatic carbocycles. The molecule has 0 aromatic rings. The van der Waals surface area contributed by atoms with Gasteiger partial charge in [-0.05, 0) is 0 Å². The summed E-state index contributed by atoms with van der Waals surface area (Å²) in [5.74, 6) is 0. The summed E-state index contributed by atoms with van der Waals surface area (Å²) in [4.78, 5) is 0. The molecule has 0 aliphatic carbocycles. The molecule has 74 valence electrons. The molecule has 0 radical (unpaired) electrons. The fraction of sp³-hybridized carbons (Fsp3) is 0.833. The first-order valence-electron chi connectivity index (χ1n) is 3.33. The molecule has 5 N–H and O–H groups in total. The van der Waals surface area contributed by atoms with Crippen LogP contribution in [0.1, 0.15) is 1.43 Å². The number of aliphatic hydroxyl groups is 5. The normalized spacial score (nSPS) is 19.5. The molecule has 13 heavy (non-hydrogen) atoms. The average molecular weight is 220 g/mol. The SMILES string of the molecule is OC[C@@H](O)[C@H](O)[C@H](O)[C@@H](O)C=S.[H-].[Na+]. The van der Waals surface area contributed by atoms with Crippen molar-refractivity contribution in [1.29, 1.82) is 0 Å². The summed E-state index contributed by atoms with van der Waals surface area (Å²) in [5, 5.41) is 44.9. The van der Waals surface area contributed by atoms with E-state index in [2.05, 4.69) is 12.2 Å². The molecule has 7 heteroatoms. The molecule has 0 unspecified atom stereocenters. The zero-order valence-electron chi connectivity index (χ0n) is 8.24. The van der Waals surface area contributed by atoms with Crippen LogP contribution in [0.25, 0.3) is 0 Å². The maximum atomic E-state index is 9.02. The molecule has 0 aliphatic heterocycles. The predicted molar refractivity (Wildman–Crippen MR) is 45.9 cm³/mol. The van der Waals surface area contributed by atoms with Crippen LogP contribution in [-0.4, -0.2) is 61.9 Å². The van der Waals surface area contributed by atoms with Crippen LogP contribution in [-0.2, 0) is 0 Å². The fourth-order valence-corrected chi connectivity index (χ4v) is 0.779. The topological polar surface area (TPSA) is 101 Å². The van der Waals surface area contributed by atoms with Gasteiger partial charge >= 0.3 is 29.6 Å². The molecule has 0 bridgehead atoms. The minimum absolute atomic E-state index is 0. The van der Waals surface area contributed by atoms with E-state index >= 15 is 0 Å². The molecular weight excluding hydrogens is 207 g/mol. The van der Waals surface area contributed by atoms with Crippen LogP contribution in [0.3, 0.4) is 0 Å². The fourth-order valence-electron chi connectivity index (χ4n) is 0.618. The van der Waals surface area contributed by atoms with Gasteiger partial charge in [-0.15, -0.1) is 0 Å². The van der Waals surface area contributed by atoms with E-state index in [-0.39, 0.29) is 31.0 Å². The van der Waals surface area contributed by atoms with Crippen molar-refractivity contribution < 1.29 is 56.5 Å². The molecule has 0 aromatic heterocycles. The van der Waals surface area contributed by atoms with Crippen LogP contribution < -0.4 is 29.6 Å². The molecule has 0 aliphatic rings. The number of hydrogen-bond donors (Lipinski definition) is 5. The smallest absolute Gasteiger partial charge is 1.00 e. The van der Waals surface area contributed by atoms with Gasteiger partial charge in [-0.3, -0.25) is 0 Å². The predicted octanol–water partition coefficient (Wildman–Crippen LogP) is -5.46. The Morgan fingerprint density at radius 2 is 1.62 bits per heavy atom. The molecule has 0 amide bonds. The van der Waals surface area contributed by atoms with Crippen molar-refractivity contribution >= 4 is 17.6 Å². The number of hydrogen-bond acceptors (Lipinski definition) is 6. The minimum Gasteiger partial charge on any atom is -1.00 e. The van der Waals surface area contributed by atoms with E-state index in [0.717, 1.165) is 5.37 Å². The number of rotatable bonds is 5. The first kappa shape index (κ1) is 16.3. The second-order valence-corrected chi connectivity index (χ2v) is 2.63. The zero-order valence-corrected chi connectivity index (χ0v) is 10.1. The molecule has 4 atom stereocenters. The Balaban J connectivity index is -0.000000605. The Hall–Kier alpha value is 0.890. The zero-order chi connectivity index (χ0) is 9.72. The molecule has 0 heterocycles. The van der Waals surface area contributed by atoms with Gasteiger partial charge in [0.1, 0.15) is 24.4 Å². The van der Waals surface area contributed by atoms with E-state index in [1.165, 1.54) is 0 Å². The Bertz CT molecular complexity index is 152. The second-order valence-electron chi connectivity index (χ2n) is 2.36. The van der Waals surface area contributed by atoms with Crippen LogP contribution >= 0.6 is 12.2 Å². The Labute approximate surface area is 105 Å². The standard InChI is InChI=1S/C6H12O5S.Na.H/c7-1-3(8)5(10)6(11)4(9)2-12;;/h2-11H,1H2;;/q;+1;-1/t3-,4+,5+,6-;;/m1../s1. The third-order valence-corrected chi connectivity index (χ3v) is 1.70. The van der Waals surface area contributed by atoms with Gasteiger partial charge in [-0.1, -0.05) is 12.2 Å². The van der Waals surface area contributed by atoms with Gasteiger partial charge < -0.3 is 27.0 Å². The molecule has 0 saturated carbocycles. The summed E-state index contributed by atoms with van der Waals surface area (Å²) in [6, 6.07) is 0. The first-order chi connectivity index (χ1) is 5.54. The maximum absolute atomic E-state index is 9.02. The van der Waals surface area contributed by atoms with Gasteiger partial charge in [0.15, 0.2) is 0 Å². The molecular formula is C6H13NaO5S. The number of thiocarbonyl (C=S) groups is 1. The van der Waals surface area contributed by atoms with E-state index < -0.39 is 31.0 Å². The second kappa shape index (κ2) is 8.22. The van der Waals surface area contributed by atoms with Gasteiger partial charge in [-0.25, -0.2) is 0 Å². The molecule has 0 spiro atoms. The van der Waals surface area contributed by atoms with Crippen molar-refractivity contribution in [3.05, 3.63) is 0 Å². The van der Waals surface area contributed by atoms with Gasteiger partial charge in [0, 0.05) is 5.37 Å². The van der Waals surface area contributed by atoms with Crippen LogP contribution in [0.15, 0.2) is 0 Å². The Kier molecular flexibility index (Phi) is 10.3. The van der Waals surface area contributed by atoms with Gasteiger partial charge in [0.2, 0.25) is 0 Å². The summed E-state index contributed by atoms with van der Waals surface area (Å²) in [5.41, 5.74) is 0. The Morgan fingerprint density at radius 1 is 1.15 bits per heavy atom. The summed E-state index contributed by atoms with van der Waals surface area (Å²) < 4.78 is 0. The third-order valence-electron chi connectivity index (χ3n) is 1.42. The molecule has 0 fully saturated rings. The van der Waals surface area contributed by atoms with E-state index in [1.807, 2.05) is 0 Å². The van der Waals surface area contributed by atoms with Crippen molar-refractivity contribution in [3.63, 3.8) is 0 Å². The summed E-state index contributed by atoms with van der Waals surface area (Å²) in [7, 11) is 0. The molecule has 0 rings (SSSR count). The van der Waals surface area contributed by atoms with Crippen LogP contribution in [0, 0.1) is 0 Å². The summed E-state index contributed by atoms with van der Waals surface area (Å²) in [6.07, 6.45) is -6.06. The monoisotopic (exact) mass is 220 g/mol. The molecule has 5 nitrogen and oxygen atoms in total. The van der Waals surface area contributed by atoms with Crippen molar-refractivity contribution in [2.24, 2.45) is 0 Å². The third kappa shape index (κ3) is 5.36. The van der Waals surface area contributed by atoms with E-state index in [0.29, 0.717) is 0 Å². The molecule has 0 saturated heterocycles. The van der Waals surface area contributed by atoms with Gasteiger partial charge in [-0.2, -0.15) is 0 Å². The van der Waals surface area contributed by atoms with Crippen molar-refractivity contribution in [3.8, 4) is 0 Å². The minimum atomic E-state index is -1.61. The van der Waals surface area contributed by atoms with Crippen molar-refractivity contribution in [1.82, 2.24) is 0 Å². The van der Waals surface area contributed by atoms with Crippen molar-refractivity contribution in [2.75, 3.05) is 6.61 Å². The first-order valence-corrected chi connectivity index (χ1v) is 3.80. The maximum Gasteiger partial charge on any atom is 1.00 e. The van der Waals surface area contributed by atoms with Crippen molar-refractivity contribution in [2.45, 2.75) is 24.4 Å². The van der Waals surface area contributed by atoms with Gasteiger partial charge in [0.25, 0.3) is 0 Å². The quantitative estimate of drug-likeness (QED) is 0.234. The Morgan fingerprint density at radius 3 is 1.92 bits per heavy atom. The number of aliphatic hydroxyl groups excluding tert-OH is 5. The van der Waals surface area contributed by atoms with Crippen LogP contribution in [0.4, 0.5) is 0 Å². The van der Waals surface area contributed by atoms with E-state index in [4.69, 9.17) is 25.5 Å². The summed E-state index contributed by atoms with van der Waals surface area (Å²) in [6.45, 7) is -0.692.